The molecule has 10 aromatic carbocycles. The van der Waals surface area contributed by atoms with Crippen LogP contribution in [-0.2, 0) is 5.41 Å². The molecule has 0 fully saturated rings. The van der Waals surface area contributed by atoms with Gasteiger partial charge in [-0.1, -0.05) is 147 Å². The second-order valence-corrected chi connectivity index (χ2v) is 20.3. The molecule has 0 bridgehead atoms. The first kappa shape index (κ1) is 38.9. The first-order chi connectivity index (χ1) is 32.4. The van der Waals surface area contributed by atoms with Crippen LogP contribution in [0, 0.1) is 0 Å². The largest absolute Gasteiger partial charge is 0.310 e. The highest BCUT2D eigenvalue weighted by atomic mass is 32.1. The molecule has 0 radical (unpaired) electrons. The Morgan fingerprint density at radius 2 is 0.712 bits per heavy atom. The van der Waals surface area contributed by atoms with E-state index in [0.29, 0.717) is 0 Å². The molecule has 1 nitrogen and oxygen atoms in total. The monoisotopic (exact) mass is 877 g/mol. The SMILES string of the molecule is CC1(C)c2ccccc2-c2ccc(N(c3ccc(-c4ccccc4)cc3)c3ccc(-c4cc(-c5ccc6sc7ccccc7c6c5)cc(-c5ccc6sc7ccccc7c6c5)c4)cc3)cc21. The molecule has 2 aromatic heterocycles. The number of benzene rings is 10. The summed E-state index contributed by atoms with van der Waals surface area (Å²) in [6, 6.07) is 83.5. The van der Waals surface area contributed by atoms with Crippen molar-refractivity contribution in [3.8, 4) is 55.6 Å². The average molecular weight is 878 g/mol. The molecule has 1 aliphatic rings. The minimum absolute atomic E-state index is 0.112. The summed E-state index contributed by atoms with van der Waals surface area (Å²) in [5.41, 5.74) is 18.3. The van der Waals surface area contributed by atoms with E-state index in [2.05, 4.69) is 243 Å². The molecule has 0 saturated heterocycles. The van der Waals surface area contributed by atoms with Crippen LogP contribution < -0.4 is 4.90 Å². The van der Waals surface area contributed by atoms with Gasteiger partial charge in [-0.25, -0.2) is 0 Å². The molecule has 0 unspecified atom stereocenters. The van der Waals surface area contributed by atoms with E-state index in [1.807, 2.05) is 22.7 Å². The van der Waals surface area contributed by atoms with Crippen LogP contribution in [0.2, 0.25) is 0 Å². The maximum atomic E-state index is 2.42. The topological polar surface area (TPSA) is 3.24 Å². The van der Waals surface area contributed by atoms with E-state index < -0.39 is 0 Å². The molecule has 0 atom stereocenters. The van der Waals surface area contributed by atoms with Crippen LogP contribution in [0.1, 0.15) is 25.0 Å². The van der Waals surface area contributed by atoms with Crippen LogP contribution in [0.15, 0.2) is 224 Å². The zero-order valence-electron chi connectivity index (χ0n) is 36.6. The van der Waals surface area contributed by atoms with Crippen LogP contribution in [0.25, 0.3) is 96.0 Å². The summed E-state index contributed by atoms with van der Waals surface area (Å²) in [4.78, 5) is 2.42. The number of hydrogen-bond donors (Lipinski definition) is 0. The molecule has 312 valence electrons. The van der Waals surface area contributed by atoms with Crippen molar-refractivity contribution in [3.63, 3.8) is 0 Å². The third kappa shape index (κ3) is 6.42. The molecule has 1 aliphatic carbocycles. The molecular formula is C63H43NS2. The van der Waals surface area contributed by atoms with Crippen LogP contribution in [0.4, 0.5) is 17.1 Å². The van der Waals surface area contributed by atoms with Gasteiger partial charge >= 0.3 is 0 Å². The highest BCUT2D eigenvalue weighted by molar-refractivity contribution is 7.26. The van der Waals surface area contributed by atoms with Crippen molar-refractivity contribution in [1.82, 2.24) is 0 Å². The van der Waals surface area contributed by atoms with E-state index in [4.69, 9.17) is 0 Å². The predicted molar refractivity (Wildman–Crippen MR) is 286 cm³/mol. The van der Waals surface area contributed by atoms with E-state index in [9.17, 15) is 0 Å². The van der Waals surface area contributed by atoms with Gasteiger partial charge in [-0.3, -0.25) is 0 Å². The molecule has 0 amide bonds. The Balaban J connectivity index is 0.943. The normalized spacial score (nSPS) is 12.8. The summed E-state index contributed by atoms with van der Waals surface area (Å²) in [5.74, 6) is 0. The summed E-state index contributed by atoms with van der Waals surface area (Å²) in [6.45, 7) is 4.72. The fourth-order valence-electron chi connectivity index (χ4n) is 10.5. The first-order valence-electron chi connectivity index (χ1n) is 22.7. The van der Waals surface area contributed by atoms with Gasteiger partial charge in [0, 0.05) is 62.8 Å². The molecule has 0 spiro atoms. The summed E-state index contributed by atoms with van der Waals surface area (Å²) in [7, 11) is 0. The van der Waals surface area contributed by atoms with Crippen LogP contribution in [-0.4, -0.2) is 0 Å². The van der Waals surface area contributed by atoms with Crippen LogP contribution in [0.3, 0.4) is 0 Å². The van der Waals surface area contributed by atoms with Crippen LogP contribution >= 0.6 is 22.7 Å². The van der Waals surface area contributed by atoms with Gasteiger partial charge in [0.25, 0.3) is 0 Å². The van der Waals surface area contributed by atoms with E-state index in [1.165, 1.54) is 107 Å². The molecule has 0 N–H and O–H groups in total. The van der Waals surface area contributed by atoms with Crippen molar-refractivity contribution < 1.29 is 0 Å². The average Bonchev–Trinajstić information content (AvgIpc) is 4.01. The zero-order chi connectivity index (χ0) is 43.9. The first-order valence-corrected chi connectivity index (χ1v) is 24.4. The van der Waals surface area contributed by atoms with Gasteiger partial charge in [-0.05, 0) is 158 Å². The van der Waals surface area contributed by atoms with Crippen molar-refractivity contribution in [2.75, 3.05) is 4.90 Å². The fraction of sp³-hybridized carbons (Fsp3) is 0.0476. The van der Waals surface area contributed by atoms with Crippen molar-refractivity contribution in [1.29, 1.82) is 0 Å². The smallest absolute Gasteiger partial charge is 0.0465 e. The Morgan fingerprint density at radius 1 is 0.288 bits per heavy atom. The van der Waals surface area contributed by atoms with Gasteiger partial charge in [-0.2, -0.15) is 0 Å². The minimum Gasteiger partial charge on any atom is -0.310 e. The van der Waals surface area contributed by atoms with Crippen LogP contribution in [0.5, 0.6) is 0 Å². The van der Waals surface area contributed by atoms with Gasteiger partial charge in [0.15, 0.2) is 0 Å². The standard InChI is InChI=1S/C63H43NS2/c1-63(2)57-17-9-6-14-51(57)52-31-30-50(39-58(52)63)64(48-26-20-41(21-27-48)40-12-4-3-5-13-40)49-28-22-42(23-29-49)45-34-46(43-24-32-61-55(37-43)53-15-7-10-18-59(53)65-61)36-47(35-45)44-25-33-62-56(38-44)54-16-8-11-19-60(54)66-62/h3-39H,1-2H3. The molecule has 13 rings (SSSR count). The Hall–Kier alpha value is -7.56. The third-order valence-electron chi connectivity index (χ3n) is 13.9. The molecule has 12 aromatic rings. The van der Waals surface area contributed by atoms with Gasteiger partial charge in [-0.15, -0.1) is 22.7 Å². The highest BCUT2D eigenvalue weighted by Crippen LogP contribution is 2.51. The number of rotatable bonds is 7. The second kappa shape index (κ2) is 15.3. The van der Waals surface area contributed by atoms with Gasteiger partial charge in [0.05, 0.1) is 0 Å². The lowest BCUT2D eigenvalue weighted by Gasteiger charge is -2.28. The lowest BCUT2D eigenvalue weighted by Crippen LogP contribution is -2.16. The van der Waals surface area contributed by atoms with E-state index in [1.54, 1.807) is 0 Å². The number of thiophene rings is 2. The lowest BCUT2D eigenvalue weighted by atomic mass is 9.82. The molecule has 0 aliphatic heterocycles. The quantitative estimate of drug-likeness (QED) is 0.154. The number of nitrogens with zero attached hydrogens (tertiary/aromatic N) is 1. The Kier molecular flexibility index (Phi) is 8.99. The number of fused-ring (bicyclic) bond motifs is 9. The van der Waals surface area contributed by atoms with E-state index >= 15 is 0 Å². The molecular weight excluding hydrogens is 835 g/mol. The van der Waals surface area contributed by atoms with E-state index in [0.717, 1.165) is 17.1 Å². The Morgan fingerprint density at radius 3 is 1.30 bits per heavy atom. The fourth-order valence-corrected chi connectivity index (χ4v) is 12.6. The molecule has 2 heterocycles. The van der Waals surface area contributed by atoms with Crippen molar-refractivity contribution in [2.45, 2.75) is 19.3 Å². The summed E-state index contributed by atoms with van der Waals surface area (Å²) in [5, 5.41) is 5.26. The molecule has 0 saturated carbocycles. The van der Waals surface area contributed by atoms with Crippen molar-refractivity contribution >= 4 is 80.1 Å². The van der Waals surface area contributed by atoms with E-state index in [-0.39, 0.29) is 5.41 Å². The lowest BCUT2D eigenvalue weighted by molar-refractivity contribution is 0.660. The minimum atomic E-state index is -0.112. The third-order valence-corrected chi connectivity index (χ3v) is 16.2. The van der Waals surface area contributed by atoms with Gasteiger partial charge < -0.3 is 4.90 Å². The Bertz CT molecular complexity index is 3700. The van der Waals surface area contributed by atoms with Crippen molar-refractivity contribution in [2.24, 2.45) is 0 Å². The maximum absolute atomic E-state index is 2.42. The molecule has 3 heteroatoms. The van der Waals surface area contributed by atoms with Gasteiger partial charge in [0.2, 0.25) is 0 Å². The number of hydrogen-bond acceptors (Lipinski definition) is 3. The van der Waals surface area contributed by atoms with Gasteiger partial charge in [0.1, 0.15) is 0 Å². The van der Waals surface area contributed by atoms with Crippen molar-refractivity contribution in [3.05, 3.63) is 236 Å². The molecule has 66 heavy (non-hydrogen) atoms. The summed E-state index contributed by atoms with van der Waals surface area (Å²) < 4.78 is 5.28. The maximum Gasteiger partial charge on any atom is 0.0465 e. The zero-order valence-corrected chi connectivity index (χ0v) is 38.3. The predicted octanol–water partition coefficient (Wildman–Crippen LogP) is 18.9. The number of anilines is 3. The summed E-state index contributed by atoms with van der Waals surface area (Å²) >= 11 is 3.74. The highest BCUT2D eigenvalue weighted by Gasteiger charge is 2.35. The second-order valence-electron chi connectivity index (χ2n) is 18.1. The Labute approximate surface area is 393 Å². The summed E-state index contributed by atoms with van der Waals surface area (Å²) in [6.07, 6.45) is 0.